The molecule has 0 amide bonds. The van der Waals surface area contributed by atoms with Gasteiger partial charge in [0.05, 0.1) is 16.1 Å². The lowest BCUT2D eigenvalue weighted by atomic mass is 9.63. The lowest BCUT2D eigenvalue weighted by Gasteiger charge is -2.41. The number of aromatic carboxylic acids is 1. The first-order valence-corrected chi connectivity index (χ1v) is 14.0. The van der Waals surface area contributed by atoms with Crippen LogP contribution in [-0.2, 0) is 12.8 Å². The van der Waals surface area contributed by atoms with Crippen LogP contribution in [0.2, 0.25) is 5.02 Å². The highest BCUT2D eigenvalue weighted by Gasteiger charge is 2.37. The van der Waals surface area contributed by atoms with Crippen molar-refractivity contribution in [3.8, 4) is 0 Å². The molecule has 0 spiro atoms. The van der Waals surface area contributed by atoms with Crippen LogP contribution in [0.25, 0.3) is 32.4 Å². The van der Waals surface area contributed by atoms with E-state index < -0.39 is 5.97 Å². The molecule has 6 aromatic rings. The van der Waals surface area contributed by atoms with E-state index in [4.69, 9.17) is 16.7 Å². The molecule has 0 saturated heterocycles. The number of nitrogens with zero attached hydrogens (tertiary/aromatic N) is 1. The third kappa shape index (κ3) is 5.16. The van der Waals surface area contributed by atoms with Crippen LogP contribution >= 0.6 is 11.6 Å². The first kappa shape index (κ1) is 26.9. The van der Waals surface area contributed by atoms with Gasteiger partial charge in [-0.25, -0.2) is 9.18 Å². The van der Waals surface area contributed by atoms with Crippen molar-refractivity contribution >= 4 is 50.0 Å². The second kappa shape index (κ2) is 10.6. The number of fused-ring (bicyclic) bond motifs is 6. The number of halogens is 2. The largest absolute Gasteiger partial charge is 0.478 e. The first-order valence-electron chi connectivity index (χ1n) is 13.7. The SMILES string of the molecule is CC1(C)Cc2c(ccc3c2ccc2ccccc23)CC1c1ccc(F)c(Cl)c1.O=C(O)c1ccc2ncccc2c1. The summed E-state index contributed by atoms with van der Waals surface area (Å²) < 4.78 is 13.7. The van der Waals surface area contributed by atoms with Crippen molar-refractivity contribution in [1.29, 1.82) is 0 Å². The molecule has 1 N–H and O–H groups in total. The van der Waals surface area contributed by atoms with Crippen LogP contribution in [0.4, 0.5) is 4.39 Å². The fourth-order valence-corrected chi connectivity index (χ4v) is 6.37. The predicted octanol–water partition coefficient (Wildman–Crippen LogP) is 9.63. The average molecular weight is 562 g/mol. The Hall–Kier alpha value is -4.28. The summed E-state index contributed by atoms with van der Waals surface area (Å²) in [4.78, 5) is 14.7. The highest BCUT2D eigenvalue weighted by molar-refractivity contribution is 6.30. The second-order valence-electron chi connectivity index (χ2n) is 11.4. The van der Waals surface area contributed by atoms with Crippen LogP contribution in [0.1, 0.15) is 46.8 Å². The summed E-state index contributed by atoms with van der Waals surface area (Å²) >= 11 is 6.08. The Bertz CT molecular complexity index is 1950. The van der Waals surface area contributed by atoms with Gasteiger partial charge in [-0.3, -0.25) is 4.98 Å². The van der Waals surface area contributed by atoms with E-state index in [2.05, 4.69) is 67.4 Å². The second-order valence-corrected chi connectivity index (χ2v) is 11.8. The van der Waals surface area contributed by atoms with Crippen LogP contribution in [0.15, 0.2) is 103 Å². The number of carbonyl (C=O) groups is 1. The van der Waals surface area contributed by atoms with E-state index in [-0.39, 0.29) is 16.3 Å². The number of carboxylic acids is 1. The fraction of sp³-hybridized carbons (Fsp3) is 0.167. The van der Waals surface area contributed by atoms with Gasteiger partial charge in [0.15, 0.2) is 0 Å². The van der Waals surface area contributed by atoms with Gasteiger partial charge in [-0.05, 0) is 98.8 Å². The minimum Gasteiger partial charge on any atom is -0.478 e. The molecule has 1 atom stereocenters. The highest BCUT2D eigenvalue weighted by Crippen LogP contribution is 2.48. The van der Waals surface area contributed by atoms with Crippen molar-refractivity contribution in [2.24, 2.45) is 5.41 Å². The Morgan fingerprint density at radius 1 is 0.878 bits per heavy atom. The Balaban J connectivity index is 0.000000195. The zero-order valence-corrected chi connectivity index (χ0v) is 23.6. The van der Waals surface area contributed by atoms with Gasteiger partial charge in [-0.2, -0.15) is 0 Å². The first-order chi connectivity index (χ1) is 19.7. The third-order valence-electron chi connectivity index (χ3n) is 8.33. The quantitative estimate of drug-likeness (QED) is 0.214. The molecule has 3 nitrogen and oxygen atoms in total. The van der Waals surface area contributed by atoms with Gasteiger partial charge in [-0.15, -0.1) is 0 Å². The maximum atomic E-state index is 13.7. The molecular weight excluding hydrogens is 533 g/mol. The molecule has 0 saturated carbocycles. The fourth-order valence-electron chi connectivity index (χ4n) is 6.18. The number of benzene rings is 5. The van der Waals surface area contributed by atoms with Crippen molar-refractivity contribution in [2.75, 3.05) is 0 Å². The molecule has 1 aliphatic carbocycles. The van der Waals surface area contributed by atoms with Crippen LogP contribution in [-0.4, -0.2) is 16.1 Å². The summed E-state index contributed by atoms with van der Waals surface area (Å²) in [6, 6.07) is 31.4. The Morgan fingerprint density at radius 3 is 2.46 bits per heavy atom. The lowest BCUT2D eigenvalue weighted by molar-refractivity contribution is 0.0697. The molecule has 1 aliphatic rings. The summed E-state index contributed by atoms with van der Waals surface area (Å²) in [5.41, 5.74) is 5.15. The minimum absolute atomic E-state index is 0.0636. The molecule has 0 fully saturated rings. The van der Waals surface area contributed by atoms with Gasteiger partial charge in [0.25, 0.3) is 0 Å². The number of carboxylic acid groups (broad SMARTS) is 1. The van der Waals surface area contributed by atoms with Gasteiger partial charge in [0.1, 0.15) is 5.82 Å². The third-order valence-corrected chi connectivity index (χ3v) is 8.62. The van der Waals surface area contributed by atoms with Crippen molar-refractivity contribution in [3.05, 3.63) is 136 Å². The van der Waals surface area contributed by atoms with E-state index in [0.717, 1.165) is 29.3 Å². The summed E-state index contributed by atoms with van der Waals surface area (Å²) in [5, 5.41) is 15.1. The predicted molar refractivity (Wildman–Crippen MR) is 165 cm³/mol. The zero-order chi connectivity index (χ0) is 28.7. The monoisotopic (exact) mass is 561 g/mol. The number of pyridine rings is 1. The molecule has 204 valence electrons. The van der Waals surface area contributed by atoms with Crippen molar-refractivity contribution in [3.63, 3.8) is 0 Å². The average Bonchev–Trinajstić information content (AvgIpc) is 2.97. The van der Waals surface area contributed by atoms with Gasteiger partial charge < -0.3 is 5.11 Å². The standard InChI is InChI=1S/C26H22ClF.C10H7NO2/c1-26(2)15-22-17(13-23(26)18-9-12-25(28)24(27)14-18)8-11-20-19-6-4-3-5-16(19)7-10-21(20)22;12-10(13)8-3-4-9-7(6-8)2-1-5-11-9/h3-12,14,23H,13,15H2,1-2H3;1-6H,(H,12,13). The molecule has 7 rings (SSSR count). The maximum absolute atomic E-state index is 13.7. The van der Waals surface area contributed by atoms with Gasteiger partial charge in [0, 0.05) is 11.6 Å². The van der Waals surface area contributed by atoms with E-state index in [1.54, 1.807) is 30.5 Å². The molecule has 1 aromatic heterocycles. The Labute approximate surface area is 243 Å². The zero-order valence-electron chi connectivity index (χ0n) is 22.9. The molecule has 0 aliphatic heterocycles. The Kier molecular flexibility index (Phi) is 6.96. The van der Waals surface area contributed by atoms with Gasteiger partial charge in [0.2, 0.25) is 0 Å². The van der Waals surface area contributed by atoms with Crippen LogP contribution in [0.5, 0.6) is 0 Å². The molecule has 5 aromatic carbocycles. The van der Waals surface area contributed by atoms with E-state index in [1.165, 1.54) is 38.7 Å². The Morgan fingerprint density at radius 2 is 1.66 bits per heavy atom. The van der Waals surface area contributed by atoms with Crippen molar-refractivity contribution in [2.45, 2.75) is 32.6 Å². The highest BCUT2D eigenvalue weighted by atomic mass is 35.5. The number of hydrogen-bond acceptors (Lipinski definition) is 2. The minimum atomic E-state index is -0.911. The summed E-state index contributed by atoms with van der Waals surface area (Å²) in [7, 11) is 0. The summed E-state index contributed by atoms with van der Waals surface area (Å²) in [5.74, 6) is -0.945. The molecule has 0 radical (unpaired) electrons. The molecule has 1 heterocycles. The van der Waals surface area contributed by atoms with Crippen LogP contribution < -0.4 is 0 Å². The van der Waals surface area contributed by atoms with E-state index in [0.29, 0.717) is 11.5 Å². The number of rotatable bonds is 2. The van der Waals surface area contributed by atoms with Crippen molar-refractivity contribution < 1.29 is 14.3 Å². The van der Waals surface area contributed by atoms with Gasteiger partial charge >= 0.3 is 5.97 Å². The normalized spacial score (nSPS) is 15.8. The van der Waals surface area contributed by atoms with Crippen LogP contribution in [0.3, 0.4) is 0 Å². The lowest BCUT2D eigenvalue weighted by Crippen LogP contribution is -2.31. The smallest absolute Gasteiger partial charge is 0.335 e. The summed E-state index contributed by atoms with van der Waals surface area (Å²) in [6.45, 7) is 4.63. The molecule has 41 heavy (non-hydrogen) atoms. The molecular formula is C36H29ClFNO2. The molecule has 0 bridgehead atoms. The number of aromatic nitrogens is 1. The van der Waals surface area contributed by atoms with Crippen molar-refractivity contribution in [1.82, 2.24) is 4.98 Å². The maximum Gasteiger partial charge on any atom is 0.335 e. The van der Waals surface area contributed by atoms with E-state index in [9.17, 15) is 9.18 Å². The summed E-state index contributed by atoms with van der Waals surface area (Å²) in [6.07, 6.45) is 3.63. The van der Waals surface area contributed by atoms with E-state index >= 15 is 0 Å². The van der Waals surface area contributed by atoms with Gasteiger partial charge in [-0.1, -0.05) is 86.1 Å². The molecule has 1 unspecified atom stereocenters. The molecule has 5 heteroatoms. The van der Waals surface area contributed by atoms with Crippen LogP contribution in [0, 0.1) is 11.2 Å². The van der Waals surface area contributed by atoms with E-state index in [1.807, 2.05) is 18.2 Å². The topological polar surface area (TPSA) is 50.2 Å². The number of hydrogen-bond donors (Lipinski definition) is 1.